The second kappa shape index (κ2) is 8.90. The third kappa shape index (κ3) is 4.17. The number of hydrogen-bond acceptors (Lipinski definition) is 4. The molecule has 0 saturated carbocycles. The molecule has 8 heteroatoms. The maximum atomic E-state index is 13.2. The van der Waals surface area contributed by atoms with Gasteiger partial charge < -0.3 is 10.6 Å². The second-order valence-electron chi connectivity index (χ2n) is 8.22. The molecule has 0 bridgehead atoms. The van der Waals surface area contributed by atoms with Gasteiger partial charge in [0.1, 0.15) is 11.3 Å². The van der Waals surface area contributed by atoms with Crippen LogP contribution >= 0.6 is 34.8 Å². The number of nitrogens with zero attached hydrogens (tertiary/aromatic N) is 3. The molecule has 0 saturated heterocycles. The van der Waals surface area contributed by atoms with Crippen LogP contribution in [0.15, 0.2) is 53.3 Å². The van der Waals surface area contributed by atoms with E-state index in [0.29, 0.717) is 48.7 Å². The fourth-order valence-electron chi connectivity index (χ4n) is 3.79. The molecule has 0 atom stereocenters. The van der Waals surface area contributed by atoms with Crippen LogP contribution in [0.3, 0.4) is 0 Å². The van der Waals surface area contributed by atoms with Gasteiger partial charge in [-0.1, -0.05) is 46.9 Å². The lowest BCUT2D eigenvalue weighted by molar-refractivity contribution is 0.743. The van der Waals surface area contributed by atoms with Crippen LogP contribution in [0.25, 0.3) is 33.4 Å². The van der Waals surface area contributed by atoms with Crippen molar-refractivity contribution in [1.29, 1.82) is 0 Å². The molecule has 2 aromatic heterocycles. The molecule has 5 nitrogen and oxygen atoms in total. The molecule has 0 aliphatic carbocycles. The molecule has 0 unspecified atom stereocenters. The minimum absolute atomic E-state index is 0.0910. The molecule has 4 aromatic rings. The standard InChI is InChI=1S/C25H23Cl3N4O/c1-13(2)31(3)23-21(29)19-12-18(14-5-7-15(26)8-6-14)22(30-24(19)32(4)25(23)33)17-10-9-16(27)11-20(17)28/h5-13H,29H2,1-4H3. The second-order valence-corrected chi connectivity index (χ2v) is 9.50. The maximum Gasteiger partial charge on any atom is 0.277 e. The summed E-state index contributed by atoms with van der Waals surface area (Å²) in [5.74, 6) is 0. The predicted octanol–water partition coefficient (Wildman–Crippen LogP) is 6.65. The van der Waals surface area contributed by atoms with Gasteiger partial charge in [-0.2, -0.15) is 0 Å². The van der Waals surface area contributed by atoms with Crippen LogP contribution in [-0.4, -0.2) is 22.6 Å². The number of hydrogen-bond donors (Lipinski definition) is 1. The number of benzene rings is 2. The summed E-state index contributed by atoms with van der Waals surface area (Å²) in [6.45, 7) is 4.01. The zero-order valence-electron chi connectivity index (χ0n) is 18.7. The summed E-state index contributed by atoms with van der Waals surface area (Å²) in [6, 6.07) is 14.8. The molecular formula is C25H23Cl3N4O. The van der Waals surface area contributed by atoms with Gasteiger partial charge in [-0.3, -0.25) is 9.36 Å². The van der Waals surface area contributed by atoms with E-state index in [4.69, 9.17) is 45.5 Å². The molecule has 0 amide bonds. The van der Waals surface area contributed by atoms with Gasteiger partial charge in [0.2, 0.25) is 0 Å². The van der Waals surface area contributed by atoms with Crippen LogP contribution in [0.5, 0.6) is 0 Å². The predicted molar refractivity (Wildman–Crippen MR) is 141 cm³/mol. The van der Waals surface area contributed by atoms with E-state index < -0.39 is 0 Å². The summed E-state index contributed by atoms with van der Waals surface area (Å²) < 4.78 is 1.53. The first-order valence-electron chi connectivity index (χ1n) is 10.4. The monoisotopic (exact) mass is 500 g/mol. The van der Waals surface area contributed by atoms with Crippen molar-refractivity contribution < 1.29 is 0 Å². The molecule has 2 heterocycles. The first-order chi connectivity index (χ1) is 15.6. The first-order valence-corrected chi connectivity index (χ1v) is 11.5. The van der Waals surface area contributed by atoms with Crippen LogP contribution in [0, 0.1) is 0 Å². The Bertz CT molecular complexity index is 1430. The van der Waals surface area contributed by atoms with Crippen molar-refractivity contribution in [3.8, 4) is 22.4 Å². The number of pyridine rings is 2. The number of rotatable bonds is 4. The molecule has 170 valence electrons. The van der Waals surface area contributed by atoms with E-state index in [1.165, 1.54) is 4.57 Å². The van der Waals surface area contributed by atoms with E-state index >= 15 is 0 Å². The molecule has 2 N–H and O–H groups in total. The quantitative estimate of drug-likeness (QED) is 0.340. The van der Waals surface area contributed by atoms with Gasteiger partial charge in [-0.05, 0) is 55.8 Å². The molecule has 0 spiro atoms. The number of nitrogens with two attached hydrogens (primary N) is 1. The van der Waals surface area contributed by atoms with Crippen LogP contribution < -0.4 is 16.2 Å². The van der Waals surface area contributed by atoms with Crippen molar-refractivity contribution in [2.75, 3.05) is 17.7 Å². The molecule has 0 aliphatic rings. The highest BCUT2D eigenvalue weighted by atomic mass is 35.5. The van der Waals surface area contributed by atoms with Crippen molar-refractivity contribution in [2.24, 2.45) is 7.05 Å². The highest BCUT2D eigenvalue weighted by molar-refractivity contribution is 6.36. The fourth-order valence-corrected chi connectivity index (χ4v) is 4.41. The lowest BCUT2D eigenvalue weighted by Crippen LogP contribution is -2.34. The highest BCUT2D eigenvalue weighted by Gasteiger charge is 2.22. The summed E-state index contributed by atoms with van der Waals surface area (Å²) in [7, 11) is 3.56. The number of fused-ring (bicyclic) bond motifs is 1. The third-order valence-corrected chi connectivity index (χ3v) is 6.64. The summed E-state index contributed by atoms with van der Waals surface area (Å²) >= 11 is 18.8. The Morgan fingerprint density at radius 1 is 0.970 bits per heavy atom. The molecular weight excluding hydrogens is 479 g/mol. The average molecular weight is 502 g/mol. The Labute approximate surface area is 207 Å². The van der Waals surface area contributed by atoms with Gasteiger partial charge in [0.15, 0.2) is 0 Å². The molecule has 0 aliphatic heterocycles. The van der Waals surface area contributed by atoms with Crippen molar-refractivity contribution in [1.82, 2.24) is 9.55 Å². The summed E-state index contributed by atoms with van der Waals surface area (Å²) in [5, 5.41) is 2.29. The van der Waals surface area contributed by atoms with Crippen LogP contribution in [0.4, 0.5) is 11.4 Å². The zero-order chi connectivity index (χ0) is 24.0. The Hall–Kier alpha value is -2.73. The molecule has 0 radical (unpaired) electrons. The van der Waals surface area contributed by atoms with Crippen molar-refractivity contribution >= 4 is 57.2 Å². The van der Waals surface area contributed by atoms with Gasteiger partial charge >= 0.3 is 0 Å². The number of nitrogen functional groups attached to an aromatic ring is 1. The molecule has 2 aromatic carbocycles. The van der Waals surface area contributed by atoms with Gasteiger partial charge in [0.25, 0.3) is 5.56 Å². The Kier molecular flexibility index (Phi) is 6.32. The first kappa shape index (κ1) is 23.4. The lowest BCUT2D eigenvalue weighted by Gasteiger charge is -2.26. The van der Waals surface area contributed by atoms with E-state index in [2.05, 4.69) is 0 Å². The van der Waals surface area contributed by atoms with Gasteiger partial charge in [-0.15, -0.1) is 0 Å². The normalized spacial score (nSPS) is 11.4. The van der Waals surface area contributed by atoms with Gasteiger partial charge in [0.05, 0.1) is 16.4 Å². The molecule has 33 heavy (non-hydrogen) atoms. The fraction of sp³-hybridized carbons (Fsp3) is 0.200. The number of anilines is 2. The Morgan fingerprint density at radius 2 is 1.61 bits per heavy atom. The number of aromatic nitrogens is 2. The van der Waals surface area contributed by atoms with Gasteiger partial charge in [-0.25, -0.2) is 4.98 Å². The molecule has 4 rings (SSSR count). The van der Waals surface area contributed by atoms with Crippen LogP contribution in [-0.2, 0) is 7.05 Å². The summed E-state index contributed by atoms with van der Waals surface area (Å²) in [6.07, 6.45) is 0. The van der Waals surface area contributed by atoms with Crippen LogP contribution in [0.1, 0.15) is 13.8 Å². The average Bonchev–Trinajstić information content (AvgIpc) is 2.77. The van der Waals surface area contributed by atoms with E-state index in [1.807, 2.05) is 62.2 Å². The Balaban J connectivity index is 2.13. The van der Waals surface area contributed by atoms with E-state index in [1.54, 1.807) is 19.2 Å². The van der Waals surface area contributed by atoms with E-state index in [0.717, 1.165) is 11.1 Å². The largest absolute Gasteiger partial charge is 0.396 e. The summed E-state index contributed by atoms with van der Waals surface area (Å²) in [4.78, 5) is 20.0. The van der Waals surface area contributed by atoms with Crippen molar-refractivity contribution in [3.63, 3.8) is 0 Å². The number of halogens is 3. The summed E-state index contributed by atoms with van der Waals surface area (Å²) in [5.41, 5.74) is 10.7. The minimum atomic E-state index is -0.212. The lowest BCUT2D eigenvalue weighted by atomic mass is 9.97. The SMILES string of the molecule is CC(C)N(C)c1c(N)c2cc(-c3ccc(Cl)cc3)c(-c3ccc(Cl)cc3Cl)nc2n(C)c1=O. The van der Waals surface area contributed by atoms with Crippen molar-refractivity contribution in [2.45, 2.75) is 19.9 Å². The molecule has 0 fully saturated rings. The smallest absolute Gasteiger partial charge is 0.277 e. The maximum absolute atomic E-state index is 13.2. The Morgan fingerprint density at radius 3 is 2.21 bits per heavy atom. The van der Waals surface area contributed by atoms with Crippen molar-refractivity contribution in [3.05, 3.63) is 74.0 Å². The van der Waals surface area contributed by atoms with E-state index in [-0.39, 0.29) is 11.6 Å². The van der Waals surface area contributed by atoms with Gasteiger partial charge in [0, 0.05) is 46.7 Å². The highest BCUT2D eigenvalue weighted by Crippen LogP contribution is 2.39. The number of aryl methyl sites for hydroxylation is 1. The topological polar surface area (TPSA) is 64.2 Å². The minimum Gasteiger partial charge on any atom is -0.396 e. The van der Waals surface area contributed by atoms with Crippen LogP contribution in [0.2, 0.25) is 15.1 Å². The third-order valence-electron chi connectivity index (χ3n) is 5.84. The van der Waals surface area contributed by atoms with E-state index in [9.17, 15) is 4.79 Å². The zero-order valence-corrected chi connectivity index (χ0v) is 20.9.